The van der Waals surface area contributed by atoms with E-state index in [1.54, 1.807) is 6.07 Å². The molecule has 18 heavy (non-hydrogen) atoms. The maximum Gasteiger partial charge on any atom is 0.321 e. The van der Waals surface area contributed by atoms with Gasteiger partial charge in [-0.25, -0.2) is 8.42 Å². The van der Waals surface area contributed by atoms with Crippen molar-refractivity contribution in [1.82, 2.24) is 4.72 Å². The number of hydrogen-bond acceptors (Lipinski definition) is 5. The summed E-state index contributed by atoms with van der Waals surface area (Å²) in [5.41, 5.74) is 0. The summed E-state index contributed by atoms with van der Waals surface area (Å²) in [6, 6.07) is 3.16. The zero-order valence-corrected chi connectivity index (χ0v) is 10.2. The first-order valence-electron chi connectivity index (χ1n) is 5.05. The number of para-hydroxylation sites is 1. The van der Waals surface area contributed by atoms with Gasteiger partial charge in [0.25, 0.3) is 0 Å². The van der Waals surface area contributed by atoms with Crippen molar-refractivity contribution in [3.8, 4) is 11.5 Å². The number of ether oxygens (including phenoxy) is 2. The Morgan fingerprint density at radius 2 is 2.17 bits per heavy atom. The molecule has 1 aliphatic heterocycles. The first kappa shape index (κ1) is 12.7. The largest absolute Gasteiger partial charge is 0.480 e. The highest BCUT2D eigenvalue weighted by Gasteiger charge is 2.28. The Balaban J connectivity index is 2.37. The van der Waals surface area contributed by atoms with Crippen LogP contribution in [0.2, 0.25) is 0 Å². The number of rotatable bonds is 4. The molecule has 0 bridgehead atoms. The first-order chi connectivity index (χ1) is 8.42. The zero-order valence-electron chi connectivity index (χ0n) is 9.41. The van der Waals surface area contributed by atoms with E-state index in [4.69, 9.17) is 14.6 Å². The minimum atomic E-state index is -3.97. The smallest absolute Gasteiger partial charge is 0.321 e. The van der Waals surface area contributed by atoms with E-state index in [-0.39, 0.29) is 17.4 Å². The van der Waals surface area contributed by atoms with Gasteiger partial charge in [-0.05, 0) is 19.1 Å². The van der Waals surface area contributed by atoms with Crippen molar-refractivity contribution < 1.29 is 27.8 Å². The normalized spacial score (nSPS) is 15.4. The number of benzene rings is 1. The molecule has 8 heteroatoms. The van der Waals surface area contributed by atoms with Gasteiger partial charge >= 0.3 is 5.97 Å². The maximum atomic E-state index is 12.0. The van der Waals surface area contributed by atoms with Crippen LogP contribution in [0.5, 0.6) is 11.5 Å². The number of carbonyl (C=O) groups is 1. The summed E-state index contributed by atoms with van der Waals surface area (Å²) in [7, 11) is -3.97. The number of fused-ring (bicyclic) bond motifs is 1. The van der Waals surface area contributed by atoms with E-state index in [9.17, 15) is 13.2 Å². The van der Waals surface area contributed by atoms with Crippen LogP contribution >= 0.6 is 0 Å². The van der Waals surface area contributed by atoms with Gasteiger partial charge in [-0.15, -0.1) is 0 Å². The van der Waals surface area contributed by atoms with Gasteiger partial charge in [-0.3, -0.25) is 4.79 Å². The van der Waals surface area contributed by atoms with Crippen molar-refractivity contribution >= 4 is 16.0 Å². The van der Waals surface area contributed by atoms with Gasteiger partial charge in [0, 0.05) is 0 Å². The molecule has 0 spiro atoms. The molecule has 1 aliphatic rings. The molecule has 1 atom stereocenters. The van der Waals surface area contributed by atoms with Crippen LogP contribution in [0, 0.1) is 0 Å². The van der Waals surface area contributed by atoms with Gasteiger partial charge in [-0.1, -0.05) is 6.07 Å². The lowest BCUT2D eigenvalue weighted by molar-refractivity contribution is -0.138. The number of aliphatic carboxylic acids is 1. The molecule has 0 fully saturated rings. The lowest BCUT2D eigenvalue weighted by atomic mass is 10.3. The van der Waals surface area contributed by atoms with Crippen LogP contribution in [-0.2, 0) is 14.8 Å². The highest BCUT2D eigenvalue weighted by molar-refractivity contribution is 7.89. The van der Waals surface area contributed by atoms with Crippen molar-refractivity contribution in [2.75, 3.05) is 6.79 Å². The fraction of sp³-hybridized carbons (Fsp3) is 0.300. The predicted molar refractivity (Wildman–Crippen MR) is 60.0 cm³/mol. The van der Waals surface area contributed by atoms with E-state index >= 15 is 0 Å². The molecular weight excluding hydrogens is 262 g/mol. The first-order valence-corrected chi connectivity index (χ1v) is 6.54. The quantitative estimate of drug-likeness (QED) is 0.810. The van der Waals surface area contributed by atoms with Gasteiger partial charge in [0.15, 0.2) is 11.5 Å². The van der Waals surface area contributed by atoms with E-state index in [2.05, 4.69) is 0 Å². The fourth-order valence-corrected chi connectivity index (χ4v) is 2.82. The van der Waals surface area contributed by atoms with Crippen LogP contribution in [0.25, 0.3) is 0 Å². The third-order valence-corrected chi connectivity index (χ3v) is 3.92. The molecule has 1 aromatic carbocycles. The van der Waals surface area contributed by atoms with Gasteiger partial charge < -0.3 is 14.6 Å². The van der Waals surface area contributed by atoms with E-state index < -0.39 is 22.0 Å². The van der Waals surface area contributed by atoms with Crippen molar-refractivity contribution in [2.45, 2.75) is 17.9 Å². The Kier molecular flexibility index (Phi) is 3.14. The molecule has 0 aromatic heterocycles. The molecule has 0 unspecified atom stereocenters. The third-order valence-electron chi connectivity index (χ3n) is 2.35. The van der Waals surface area contributed by atoms with E-state index in [1.807, 2.05) is 4.72 Å². The average Bonchev–Trinajstić information content (AvgIpc) is 2.75. The van der Waals surface area contributed by atoms with Gasteiger partial charge in [-0.2, -0.15) is 4.72 Å². The molecule has 98 valence electrons. The Morgan fingerprint density at radius 1 is 1.44 bits per heavy atom. The number of carboxylic acid groups (broad SMARTS) is 1. The summed E-state index contributed by atoms with van der Waals surface area (Å²) >= 11 is 0. The molecule has 2 N–H and O–H groups in total. The Hall–Kier alpha value is -1.80. The van der Waals surface area contributed by atoms with Crippen molar-refractivity contribution in [2.24, 2.45) is 0 Å². The standard InChI is InChI=1S/C10H11NO6S/c1-6(10(12)13)11-18(14,15)8-4-2-3-7-9(8)17-5-16-7/h2-4,6,11H,5H2,1H3,(H,12,13)/t6-/m0/s1. The van der Waals surface area contributed by atoms with Gasteiger partial charge in [0.2, 0.25) is 16.8 Å². The molecular formula is C10H11NO6S. The van der Waals surface area contributed by atoms with Crippen LogP contribution in [0.3, 0.4) is 0 Å². The molecule has 7 nitrogen and oxygen atoms in total. The molecule has 1 aromatic rings. The highest BCUT2D eigenvalue weighted by Crippen LogP contribution is 2.37. The minimum absolute atomic E-state index is 0.0592. The predicted octanol–water partition coefficient (Wildman–Crippen LogP) is 0.167. The molecule has 0 amide bonds. The van der Waals surface area contributed by atoms with Crippen LogP contribution in [0.1, 0.15) is 6.92 Å². The SMILES string of the molecule is C[C@H](NS(=O)(=O)c1cccc2c1OCO2)C(=O)O. The Morgan fingerprint density at radius 3 is 2.83 bits per heavy atom. The Labute approximate surface area is 103 Å². The highest BCUT2D eigenvalue weighted by atomic mass is 32.2. The summed E-state index contributed by atoms with van der Waals surface area (Å²) in [4.78, 5) is 10.5. The summed E-state index contributed by atoms with van der Waals surface area (Å²) in [6.45, 7) is 1.18. The van der Waals surface area contributed by atoms with Crippen molar-refractivity contribution in [1.29, 1.82) is 0 Å². The zero-order chi connectivity index (χ0) is 13.3. The lowest BCUT2D eigenvalue weighted by Gasteiger charge is -2.11. The molecule has 0 saturated heterocycles. The second-order valence-electron chi connectivity index (χ2n) is 3.67. The fourth-order valence-electron chi connectivity index (χ4n) is 1.46. The average molecular weight is 273 g/mol. The Bertz CT molecular complexity index is 582. The monoisotopic (exact) mass is 273 g/mol. The van der Waals surface area contributed by atoms with Crippen molar-refractivity contribution in [3.05, 3.63) is 18.2 Å². The van der Waals surface area contributed by atoms with Crippen LogP contribution < -0.4 is 14.2 Å². The maximum absolute atomic E-state index is 12.0. The summed E-state index contributed by atoms with van der Waals surface area (Å²) in [5, 5.41) is 8.70. The minimum Gasteiger partial charge on any atom is -0.480 e. The summed E-state index contributed by atoms with van der Waals surface area (Å²) < 4.78 is 36.2. The number of sulfonamides is 1. The van der Waals surface area contributed by atoms with Crippen molar-refractivity contribution in [3.63, 3.8) is 0 Å². The molecule has 0 radical (unpaired) electrons. The van der Waals surface area contributed by atoms with Gasteiger partial charge in [0.05, 0.1) is 0 Å². The third kappa shape index (κ3) is 2.24. The van der Waals surface area contributed by atoms with Crippen LogP contribution in [-0.4, -0.2) is 32.3 Å². The number of carboxylic acids is 1. The molecule has 1 heterocycles. The van der Waals surface area contributed by atoms with Crippen LogP contribution in [0.15, 0.2) is 23.1 Å². The summed E-state index contributed by atoms with van der Waals surface area (Å²) in [6.07, 6.45) is 0. The van der Waals surface area contributed by atoms with E-state index in [0.717, 1.165) is 0 Å². The number of hydrogen-bond donors (Lipinski definition) is 2. The van der Waals surface area contributed by atoms with E-state index in [1.165, 1.54) is 19.1 Å². The molecule has 0 saturated carbocycles. The molecule has 2 rings (SSSR count). The summed E-state index contributed by atoms with van der Waals surface area (Å²) in [5.74, 6) is -0.841. The number of nitrogens with one attached hydrogen (secondary N) is 1. The topological polar surface area (TPSA) is 102 Å². The van der Waals surface area contributed by atoms with E-state index in [0.29, 0.717) is 5.75 Å². The molecule has 0 aliphatic carbocycles. The van der Waals surface area contributed by atoms with Gasteiger partial charge in [0.1, 0.15) is 10.9 Å². The second kappa shape index (κ2) is 4.46. The second-order valence-corrected chi connectivity index (χ2v) is 5.35. The van der Waals surface area contributed by atoms with Crippen LogP contribution in [0.4, 0.5) is 0 Å². The lowest BCUT2D eigenvalue weighted by Crippen LogP contribution is -2.38.